The maximum Gasteiger partial charge on any atom is 0.119 e. The van der Waals surface area contributed by atoms with Crippen LogP contribution in [0.2, 0.25) is 0 Å². The molecule has 1 aliphatic heterocycles. The molecular weight excluding hydrogens is 282 g/mol. The molecule has 1 aliphatic rings. The first-order valence-electron chi connectivity index (χ1n) is 7.52. The zero-order valence-corrected chi connectivity index (χ0v) is 12.4. The number of H-pyrrole nitrogens is 1. The van der Waals surface area contributed by atoms with Gasteiger partial charge in [-0.2, -0.15) is 0 Å². The highest BCUT2D eigenvalue weighted by Gasteiger charge is 2.20. The van der Waals surface area contributed by atoms with Crippen LogP contribution in [0.1, 0.15) is 24.1 Å². The summed E-state index contributed by atoms with van der Waals surface area (Å²) in [6, 6.07) is 4.74. The SMILES string of the molecule is Oc1cc(O)cc(CN2CCC(OCc3cnc[nH]3)CC2)c1. The minimum atomic E-state index is 0.104. The molecule has 0 unspecified atom stereocenters. The number of nitrogens with zero attached hydrogens (tertiary/aromatic N) is 2. The second kappa shape index (κ2) is 6.81. The van der Waals surface area contributed by atoms with Gasteiger partial charge in [-0.25, -0.2) is 4.98 Å². The van der Waals surface area contributed by atoms with Gasteiger partial charge in [-0.05, 0) is 30.5 Å². The van der Waals surface area contributed by atoms with Crippen molar-refractivity contribution in [2.24, 2.45) is 0 Å². The number of benzene rings is 1. The molecule has 22 heavy (non-hydrogen) atoms. The molecule has 3 N–H and O–H groups in total. The van der Waals surface area contributed by atoms with Crippen LogP contribution in [0.15, 0.2) is 30.7 Å². The zero-order valence-electron chi connectivity index (χ0n) is 12.4. The number of aromatic amines is 1. The van der Waals surface area contributed by atoms with E-state index in [1.165, 1.54) is 6.07 Å². The fourth-order valence-electron chi connectivity index (χ4n) is 2.81. The molecule has 0 atom stereocenters. The second-order valence-corrected chi connectivity index (χ2v) is 5.72. The van der Waals surface area contributed by atoms with Crippen LogP contribution in [0.5, 0.6) is 11.5 Å². The van der Waals surface area contributed by atoms with Gasteiger partial charge in [0, 0.05) is 25.7 Å². The van der Waals surface area contributed by atoms with Gasteiger partial charge in [-0.1, -0.05) is 0 Å². The maximum absolute atomic E-state index is 9.52. The van der Waals surface area contributed by atoms with E-state index in [0.717, 1.165) is 43.7 Å². The third-order valence-corrected chi connectivity index (χ3v) is 3.93. The van der Waals surface area contributed by atoms with E-state index in [1.54, 1.807) is 24.7 Å². The molecule has 0 amide bonds. The Labute approximate surface area is 129 Å². The molecule has 1 aromatic carbocycles. The number of imidazole rings is 1. The number of nitrogens with one attached hydrogen (secondary N) is 1. The summed E-state index contributed by atoms with van der Waals surface area (Å²) in [6.45, 7) is 3.20. The number of piperidine rings is 1. The highest BCUT2D eigenvalue weighted by Crippen LogP contribution is 2.23. The van der Waals surface area contributed by atoms with Crippen LogP contribution in [-0.2, 0) is 17.9 Å². The number of phenols is 2. The van der Waals surface area contributed by atoms with Crippen molar-refractivity contribution in [1.82, 2.24) is 14.9 Å². The summed E-state index contributed by atoms with van der Waals surface area (Å²) < 4.78 is 5.89. The highest BCUT2D eigenvalue weighted by molar-refractivity contribution is 5.36. The number of rotatable bonds is 5. The topological polar surface area (TPSA) is 81.6 Å². The van der Waals surface area contributed by atoms with Gasteiger partial charge in [0.2, 0.25) is 0 Å². The summed E-state index contributed by atoms with van der Waals surface area (Å²) in [5.74, 6) is 0.209. The number of likely N-dealkylation sites (tertiary alicyclic amines) is 1. The molecule has 1 saturated heterocycles. The van der Waals surface area contributed by atoms with Crippen molar-refractivity contribution in [2.45, 2.75) is 32.1 Å². The van der Waals surface area contributed by atoms with E-state index < -0.39 is 0 Å². The van der Waals surface area contributed by atoms with Gasteiger partial charge in [-0.3, -0.25) is 4.90 Å². The summed E-state index contributed by atoms with van der Waals surface area (Å²) >= 11 is 0. The molecule has 1 aromatic heterocycles. The number of aromatic nitrogens is 2. The van der Waals surface area contributed by atoms with Crippen LogP contribution < -0.4 is 0 Å². The van der Waals surface area contributed by atoms with E-state index in [-0.39, 0.29) is 17.6 Å². The third kappa shape index (κ3) is 3.99. The summed E-state index contributed by atoms with van der Waals surface area (Å²) in [4.78, 5) is 9.32. The predicted molar refractivity (Wildman–Crippen MR) is 81.4 cm³/mol. The van der Waals surface area contributed by atoms with Crippen LogP contribution in [0.3, 0.4) is 0 Å². The molecule has 0 aliphatic carbocycles. The van der Waals surface area contributed by atoms with Crippen molar-refractivity contribution < 1.29 is 14.9 Å². The van der Waals surface area contributed by atoms with Gasteiger partial charge in [0.25, 0.3) is 0 Å². The lowest BCUT2D eigenvalue weighted by Crippen LogP contribution is -2.36. The van der Waals surface area contributed by atoms with Gasteiger partial charge in [0.1, 0.15) is 11.5 Å². The average molecular weight is 303 g/mol. The molecule has 0 radical (unpaired) electrons. The standard InChI is InChI=1S/C16H21N3O3/c20-14-5-12(6-15(21)7-14)9-19-3-1-16(2-4-19)22-10-13-8-17-11-18-13/h5-8,11,16,20-21H,1-4,9-10H2,(H,17,18). The number of hydrogen-bond donors (Lipinski definition) is 3. The fourth-order valence-corrected chi connectivity index (χ4v) is 2.81. The Morgan fingerprint density at radius 1 is 1.18 bits per heavy atom. The second-order valence-electron chi connectivity index (χ2n) is 5.72. The Morgan fingerprint density at radius 2 is 1.91 bits per heavy atom. The molecule has 6 nitrogen and oxygen atoms in total. The lowest BCUT2D eigenvalue weighted by atomic mass is 10.1. The smallest absolute Gasteiger partial charge is 0.119 e. The van der Waals surface area contributed by atoms with Crippen molar-refractivity contribution in [3.8, 4) is 11.5 Å². The van der Waals surface area contributed by atoms with Crippen LogP contribution in [0.4, 0.5) is 0 Å². The first kappa shape index (κ1) is 14.9. The van der Waals surface area contributed by atoms with Gasteiger partial charge >= 0.3 is 0 Å². The molecule has 6 heteroatoms. The van der Waals surface area contributed by atoms with Crippen LogP contribution in [-0.4, -0.2) is 44.3 Å². The summed E-state index contributed by atoms with van der Waals surface area (Å²) in [5, 5.41) is 19.0. The van der Waals surface area contributed by atoms with Gasteiger partial charge in [0.15, 0.2) is 0 Å². The minimum Gasteiger partial charge on any atom is -0.508 e. The van der Waals surface area contributed by atoms with E-state index >= 15 is 0 Å². The van der Waals surface area contributed by atoms with E-state index in [4.69, 9.17) is 4.74 Å². The predicted octanol–water partition coefficient (Wildman–Crippen LogP) is 2.00. The summed E-state index contributed by atoms with van der Waals surface area (Å²) in [7, 11) is 0. The van der Waals surface area contributed by atoms with Crippen molar-refractivity contribution in [2.75, 3.05) is 13.1 Å². The van der Waals surface area contributed by atoms with Gasteiger partial charge in [0.05, 0.1) is 30.9 Å². The normalized spacial score (nSPS) is 16.9. The Kier molecular flexibility index (Phi) is 4.60. The molecule has 0 saturated carbocycles. The molecular formula is C16H21N3O3. The first-order chi connectivity index (χ1) is 10.7. The number of ether oxygens (including phenoxy) is 1. The van der Waals surface area contributed by atoms with E-state index in [2.05, 4.69) is 14.9 Å². The van der Waals surface area contributed by atoms with E-state index in [0.29, 0.717) is 6.61 Å². The maximum atomic E-state index is 9.52. The largest absolute Gasteiger partial charge is 0.508 e. The summed E-state index contributed by atoms with van der Waals surface area (Å²) in [6.07, 6.45) is 5.69. The highest BCUT2D eigenvalue weighted by atomic mass is 16.5. The van der Waals surface area contributed by atoms with Crippen molar-refractivity contribution in [3.05, 3.63) is 42.0 Å². The lowest BCUT2D eigenvalue weighted by Gasteiger charge is -2.31. The van der Waals surface area contributed by atoms with Crippen molar-refractivity contribution in [1.29, 1.82) is 0 Å². The molecule has 1 fully saturated rings. The van der Waals surface area contributed by atoms with E-state index in [1.807, 2.05) is 0 Å². The summed E-state index contributed by atoms with van der Waals surface area (Å²) in [5.41, 5.74) is 1.92. The van der Waals surface area contributed by atoms with Crippen LogP contribution >= 0.6 is 0 Å². The molecule has 118 valence electrons. The van der Waals surface area contributed by atoms with Crippen molar-refractivity contribution >= 4 is 0 Å². The Balaban J connectivity index is 1.45. The Hall–Kier alpha value is -2.05. The third-order valence-electron chi connectivity index (χ3n) is 3.93. The molecule has 0 bridgehead atoms. The fraction of sp³-hybridized carbons (Fsp3) is 0.438. The Morgan fingerprint density at radius 3 is 2.55 bits per heavy atom. The molecule has 2 aromatic rings. The first-order valence-corrected chi connectivity index (χ1v) is 7.52. The van der Waals surface area contributed by atoms with Crippen LogP contribution in [0, 0.1) is 0 Å². The average Bonchev–Trinajstić information content (AvgIpc) is 2.99. The van der Waals surface area contributed by atoms with Gasteiger partial charge in [-0.15, -0.1) is 0 Å². The molecule has 2 heterocycles. The monoisotopic (exact) mass is 303 g/mol. The molecule has 0 spiro atoms. The number of phenolic OH excluding ortho intramolecular Hbond substituents is 2. The Bertz CT molecular complexity index is 572. The lowest BCUT2D eigenvalue weighted by molar-refractivity contribution is -0.00512. The van der Waals surface area contributed by atoms with E-state index in [9.17, 15) is 10.2 Å². The number of hydrogen-bond acceptors (Lipinski definition) is 5. The minimum absolute atomic E-state index is 0.104. The van der Waals surface area contributed by atoms with Crippen molar-refractivity contribution in [3.63, 3.8) is 0 Å². The quantitative estimate of drug-likeness (QED) is 0.787. The molecule has 3 rings (SSSR count). The zero-order chi connectivity index (χ0) is 15.4. The van der Waals surface area contributed by atoms with Crippen LogP contribution in [0.25, 0.3) is 0 Å². The van der Waals surface area contributed by atoms with Gasteiger partial charge < -0.3 is 19.9 Å². The number of aromatic hydroxyl groups is 2.